The first-order valence-electron chi connectivity index (χ1n) is 6.23. The minimum Gasteiger partial charge on any atom is -0.373 e. The molecule has 17 heavy (non-hydrogen) atoms. The van der Waals surface area contributed by atoms with Gasteiger partial charge in [-0.3, -0.25) is 0 Å². The van der Waals surface area contributed by atoms with Gasteiger partial charge in [-0.15, -0.1) is 0 Å². The number of sulfonamides is 1. The number of ether oxygens (including phenoxy) is 1. The van der Waals surface area contributed by atoms with Gasteiger partial charge in [0.2, 0.25) is 10.0 Å². The Balaban J connectivity index is 2.68. The van der Waals surface area contributed by atoms with Gasteiger partial charge in [-0.2, -0.15) is 4.31 Å². The number of nitrogens with one attached hydrogen (secondary N) is 1. The van der Waals surface area contributed by atoms with E-state index in [-0.39, 0.29) is 17.5 Å². The summed E-state index contributed by atoms with van der Waals surface area (Å²) in [6.45, 7) is 9.75. The molecule has 1 aliphatic rings. The van der Waals surface area contributed by atoms with Crippen molar-refractivity contribution in [3.63, 3.8) is 0 Å². The van der Waals surface area contributed by atoms with Crippen LogP contribution in [0.4, 0.5) is 0 Å². The van der Waals surface area contributed by atoms with Crippen LogP contribution in [-0.2, 0) is 14.8 Å². The predicted molar refractivity (Wildman–Crippen MR) is 68.5 cm³/mol. The highest BCUT2D eigenvalue weighted by Crippen LogP contribution is 2.17. The Morgan fingerprint density at radius 1 is 1.35 bits per heavy atom. The highest BCUT2D eigenvalue weighted by molar-refractivity contribution is 7.89. The van der Waals surface area contributed by atoms with Crippen molar-refractivity contribution >= 4 is 10.0 Å². The van der Waals surface area contributed by atoms with Crippen LogP contribution >= 0.6 is 0 Å². The van der Waals surface area contributed by atoms with Crippen molar-refractivity contribution < 1.29 is 13.2 Å². The van der Waals surface area contributed by atoms with Crippen LogP contribution in [0.5, 0.6) is 0 Å². The summed E-state index contributed by atoms with van der Waals surface area (Å²) < 4.78 is 31.7. The molecule has 0 radical (unpaired) electrons. The van der Waals surface area contributed by atoms with Gasteiger partial charge in [-0.25, -0.2) is 8.42 Å². The summed E-state index contributed by atoms with van der Waals surface area (Å²) in [6.07, 6.45) is -0.0558. The molecule has 0 bridgehead atoms. The van der Waals surface area contributed by atoms with Crippen LogP contribution < -0.4 is 5.32 Å². The van der Waals surface area contributed by atoms with Gasteiger partial charge in [0.25, 0.3) is 0 Å². The van der Waals surface area contributed by atoms with Crippen LogP contribution in [0.1, 0.15) is 27.7 Å². The van der Waals surface area contributed by atoms with E-state index in [2.05, 4.69) is 5.32 Å². The molecular weight excluding hydrogens is 240 g/mol. The Morgan fingerprint density at radius 3 is 2.35 bits per heavy atom. The Kier molecular flexibility index (Phi) is 5.37. The zero-order valence-electron chi connectivity index (χ0n) is 11.1. The van der Waals surface area contributed by atoms with Crippen LogP contribution in [0, 0.1) is 0 Å². The van der Waals surface area contributed by atoms with Crippen LogP contribution in [0.3, 0.4) is 0 Å². The van der Waals surface area contributed by atoms with E-state index in [1.807, 2.05) is 20.8 Å². The number of hydrogen-bond acceptors (Lipinski definition) is 4. The van der Waals surface area contributed by atoms with Crippen molar-refractivity contribution in [3.8, 4) is 0 Å². The second-order valence-corrected chi connectivity index (χ2v) is 7.09. The first kappa shape index (κ1) is 14.9. The van der Waals surface area contributed by atoms with Gasteiger partial charge in [0.15, 0.2) is 0 Å². The molecule has 1 N–H and O–H groups in total. The van der Waals surface area contributed by atoms with Crippen LogP contribution in [0.2, 0.25) is 0 Å². The monoisotopic (exact) mass is 264 g/mol. The van der Waals surface area contributed by atoms with Gasteiger partial charge in [0, 0.05) is 19.6 Å². The van der Waals surface area contributed by atoms with Crippen molar-refractivity contribution in [3.05, 3.63) is 0 Å². The molecule has 6 heteroatoms. The first-order valence-corrected chi connectivity index (χ1v) is 7.73. The van der Waals surface area contributed by atoms with E-state index in [9.17, 15) is 8.42 Å². The summed E-state index contributed by atoms with van der Waals surface area (Å²) in [6, 6.07) is 0. The summed E-state index contributed by atoms with van der Waals surface area (Å²) in [5.74, 6) is 0. The molecule has 1 aliphatic heterocycles. The zero-order valence-corrected chi connectivity index (χ0v) is 12.0. The minimum absolute atomic E-state index is 0.0279. The molecule has 0 aliphatic carbocycles. The summed E-state index contributed by atoms with van der Waals surface area (Å²) in [4.78, 5) is 0. The number of rotatable bonds is 5. The van der Waals surface area contributed by atoms with Gasteiger partial charge in [-0.05, 0) is 27.3 Å². The zero-order chi connectivity index (χ0) is 13.1. The SMILES string of the molecule is CCNCC(C)S(=O)(=O)N1CC(C)OC(C)C1. The van der Waals surface area contributed by atoms with Crippen molar-refractivity contribution in [1.82, 2.24) is 9.62 Å². The lowest BCUT2D eigenvalue weighted by Crippen LogP contribution is -2.51. The fourth-order valence-electron chi connectivity index (χ4n) is 2.05. The predicted octanol–water partition coefficient (Wildman–Crippen LogP) is 0.423. The molecule has 0 amide bonds. The highest BCUT2D eigenvalue weighted by Gasteiger charge is 2.34. The minimum atomic E-state index is -3.21. The van der Waals surface area contributed by atoms with Gasteiger partial charge in [0.1, 0.15) is 0 Å². The maximum Gasteiger partial charge on any atom is 0.218 e. The molecule has 0 aromatic heterocycles. The lowest BCUT2D eigenvalue weighted by Gasteiger charge is -2.35. The van der Waals surface area contributed by atoms with Gasteiger partial charge >= 0.3 is 0 Å². The summed E-state index contributed by atoms with van der Waals surface area (Å²) in [5.41, 5.74) is 0. The summed E-state index contributed by atoms with van der Waals surface area (Å²) >= 11 is 0. The second kappa shape index (κ2) is 6.13. The third-order valence-electron chi connectivity index (χ3n) is 2.94. The maximum absolute atomic E-state index is 12.3. The lowest BCUT2D eigenvalue weighted by molar-refractivity contribution is -0.0442. The van der Waals surface area contributed by atoms with Gasteiger partial charge in [0.05, 0.1) is 17.5 Å². The topological polar surface area (TPSA) is 58.6 Å². The van der Waals surface area contributed by atoms with E-state index in [1.54, 1.807) is 11.2 Å². The molecule has 0 aromatic rings. The third kappa shape index (κ3) is 3.91. The molecule has 1 saturated heterocycles. The largest absolute Gasteiger partial charge is 0.373 e. The van der Waals surface area contributed by atoms with Gasteiger partial charge in [-0.1, -0.05) is 6.92 Å². The van der Waals surface area contributed by atoms with E-state index in [4.69, 9.17) is 4.74 Å². The lowest BCUT2D eigenvalue weighted by atomic mass is 10.3. The van der Waals surface area contributed by atoms with Crippen molar-refractivity contribution in [2.75, 3.05) is 26.2 Å². The molecule has 5 nitrogen and oxygen atoms in total. The molecule has 1 rings (SSSR count). The van der Waals surface area contributed by atoms with Crippen LogP contribution in [-0.4, -0.2) is 56.4 Å². The Hall–Kier alpha value is -0.170. The normalized spacial score (nSPS) is 29.2. The molecule has 1 fully saturated rings. The molecule has 1 heterocycles. The summed E-state index contributed by atoms with van der Waals surface area (Å²) in [5, 5.41) is 2.69. The van der Waals surface area contributed by atoms with Crippen molar-refractivity contribution in [2.45, 2.75) is 45.2 Å². The van der Waals surface area contributed by atoms with E-state index in [0.717, 1.165) is 6.54 Å². The fraction of sp³-hybridized carbons (Fsp3) is 1.00. The average molecular weight is 264 g/mol. The third-order valence-corrected chi connectivity index (χ3v) is 5.14. The Bertz CT molecular complexity index is 322. The maximum atomic E-state index is 12.3. The van der Waals surface area contributed by atoms with Crippen molar-refractivity contribution in [1.29, 1.82) is 0 Å². The molecular formula is C11H24N2O3S. The van der Waals surface area contributed by atoms with E-state index < -0.39 is 10.0 Å². The quantitative estimate of drug-likeness (QED) is 0.782. The molecule has 0 spiro atoms. The standard InChI is InChI=1S/C11H24N2O3S/c1-5-12-6-11(4)17(14,15)13-7-9(2)16-10(3)8-13/h9-12H,5-8H2,1-4H3. The number of hydrogen-bond donors (Lipinski definition) is 1. The highest BCUT2D eigenvalue weighted by atomic mass is 32.2. The fourth-order valence-corrected chi connectivity index (χ4v) is 3.72. The van der Waals surface area contributed by atoms with Crippen LogP contribution in [0.15, 0.2) is 0 Å². The Morgan fingerprint density at radius 2 is 1.88 bits per heavy atom. The smallest absolute Gasteiger partial charge is 0.218 e. The van der Waals surface area contributed by atoms with Gasteiger partial charge < -0.3 is 10.1 Å². The molecule has 102 valence electrons. The first-order chi connectivity index (χ1) is 7.87. The number of nitrogens with zero attached hydrogens (tertiary/aromatic N) is 1. The van der Waals surface area contributed by atoms with Crippen LogP contribution in [0.25, 0.3) is 0 Å². The molecule has 3 unspecified atom stereocenters. The average Bonchev–Trinajstić information content (AvgIpc) is 2.24. The molecule has 3 atom stereocenters. The Labute approximate surface area is 105 Å². The molecule has 0 aromatic carbocycles. The van der Waals surface area contributed by atoms with E-state index >= 15 is 0 Å². The second-order valence-electron chi connectivity index (χ2n) is 4.74. The van der Waals surface area contributed by atoms with Crippen molar-refractivity contribution in [2.24, 2.45) is 0 Å². The molecule has 0 saturated carbocycles. The number of morpholine rings is 1. The summed E-state index contributed by atoms with van der Waals surface area (Å²) in [7, 11) is -3.21. The van der Waals surface area contributed by atoms with E-state index in [0.29, 0.717) is 19.6 Å². The van der Waals surface area contributed by atoms with E-state index in [1.165, 1.54) is 0 Å².